The molecule has 8 heteroatoms. The van der Waals surface area contributed by atoms with Crippen molar-refractivity contribution >= 4 is 41.5 Å². The van der Waals surface area contributed by atoms with E-state index in [4.69, 9.17) is 22.1 Å². The third kappa shape index (κ3) is 5.89. The maximum absolute atomic E-state index is 11.9. The molecule has 0 spiro atoms. The number of hydrogen-bond donors (Lipinski definition) is 3. The molecule has 118 valence electrons. The molecule has 0 saturated carbocycles. The fourth-order valence-electron chi connectivity index (χ4n) is 1.55. The summed E-state index contributed by atoms with van der Waals surface area (Å²) in [7, 11) is 1.45. The van der Waals surface area contributed by atoms with Gasteiger partial charge in [0.25, 0.3) is 5.91 Å². The van der Waals surface area contributed by atoms with Gasteiger partial charge in [-0.3, -0.25) is 9.59 Å². The molecule has 4 N–H and O–H groups in total. The van der Waals surface area contributed by atoms with Crippen molar-refractivity contribution < 1.29 is 14.3 Å². The number of carbonyl (C=O) groups excluding carboxylic acids is 2. The van der Waals surface area contributed by atoms with Crippen molar-refractivity contribution in [2.75, 3.05) is 25.6 Å². The Hall–Kier alpha value is -1.34. The number of amides is 2. The molecule has 1 aromatic carbocycles. The lowest BCUT2D eigenvalue weighted by Gasteiger charge is -2.14. The normalized spacial score (nSPS) is 11.2. The second-order valence-electron chi connectivity index (χ2n) is 4.10. The molecular weight excluding hydrogens is 317 g/mol. The molecule has 2 amide bonds. The predicted molar refractivity (Wildman–Crippen MR) is 85.2 cm³/mol. The number of nitrogens with one attached hydrogen (secondary N) is 2. The van der Waals surface area contributed by atoms with Crippen molar-refractivity contribution in [1.82, 2.24) is 5.32 Å². The molecule has 1 unspecified atom stereocenters. The number of halogens is 2. The van der Waals surface area contributed by atoms with Crippen LogP contribution in [0.3, 0.4) is 0 Å². The topological polar surface area (TPSA) is 93.5 Å². The van der Waals surface area contributed by atoms with Gasteiger partial charge in [0.05, 0.1) is 17.9 Å². The largest absolute Gasteiger partial charge is 0.383 e. The first-order valence-electron chi connectivity index (χ1n) is 6.12. The van der Waals surface area contributed by atoms with Crippen LogP contribution in [0.5, 0.6) is 0 Å². The molecule has 1 rings (SSSR count). The number of benzene rings is 1. The highest BCUT2D eigenvalue weighted by Gasteiger charge is 2.17. The summed E-state index contributed by atoms with van der Waals surface area (Å²) in [6.07, 6.45) is 0. The van der Waals surface area contributed by atoms with E-state index in [9.17, 15) is 9.59 Å². The van der Waals surface area contributed by atoms with Crippen LogP contribution >= 0.6 is 24.0 Å². The van der Waals surface area contributed by atoms with Crippen molar-refractivity contribution in [3.8, 4) is 0 Å². The van der Waals surface area contributed by atoms with Crippen molar-refractivity contribution in [3.63, 3.8) is 0 Å². The molecule has 0 fully saturated rings. The number of hydrogen-bond acceptors (Lipinski definition) is 4. The zero-order valence-corrected chi connectivity index (χ0v) is 13.4. The summed E-state index contributed by atoms with van der Waals surface area (Å²) < 4.78 is 4.81. The molecule has 0 heterocycles. The van der Waals surface area contributed by atoms with E-state index in [1.54, 1.807) is 19.1 Å². The Kier molecular flexibility index (Phi) is 8.96. The number of nitrogens with two attached hydrogens (primary N) is 1. The summed E-state index contributed by atoms with van der Waals surface area (Å²) >= 11 is 5.88. The van der Waals surface area contributed by atoms with E-state index >= 15 is 0 Å². The van der Waals surface area contributed by atoms with Gasteiger partial charge in [-0.15, -0.1) is 12.4 Å². The van der Waals surface area contributed by atoms with Crippen LogP contribution in [0.2, 0.25) is 5.02 Å². The molecule has 0 aliphatic carbocycles. The highest BCUT2D eigenvalue weighted by molar-refractivity contribution is 6.31. The standard InChI is InChI=1S/C13H18ClN3O3.ClH/c1-3-16-12(18)9-5-4-8(14)6-11(9)17-13(19)10(15)7-20-2;/h4-6,10H,3,7,15H2,1-2H3,(H,16,18)(H,17,19);1H. The lowest BCUT2D eigenvalue weighted by atomic mass is 10.1. The van der Waals surface area contributed by atoms with Gasteiger partial charge >= 0.3 is 0 Å². The number of anilines is 1. The Morgan fingerprint density at radius 1 is 1.43 bits per heavy atom. The first-order chi connectivity index (χ1) is 9.49. The first kappa shape index (κ1) is 19.7. The number of rotatable bonds is 6. The highest BCUT2D eigenvalue weighted by atomic mass is 35.5. The van der Waals surface area contributed by atoms with Crippen LogP contribution in [0.1, 0.15) is 17.3 Å². The van der Waals surface area contributed by atoms with Gasteiger partial charge in [-0.05, 0) is 25.1 Å². The maximum atomic E-state index is 11.9. The second-order valence-corrected chi connectivity index (χ2v) is 4.54. The van der Waals surface area contributed by atoms with E-state index in [1.807, 2.05) is 0 Å². The van der Waals surface area contributed by atoms with E-state index in [2.05, 4.69) is 10.6 Å². The van der Waals surface area contributed by atoms with Gasteiger partial charge in [0.15, 0.2) is 0 Å². The van der Waals surface area contributed by atoms with Crippen LogP contribution in [-0.2, 0) is 9.53 Å². The summed E-state index contributed by atoms with van der Waals surface area (Å²) in [5.41, 5.74) is 6.28. The van der Waals surface area contributed by atoms with Gasteiger partial charge < -0.3 is 21.1 Å². The number of methoxy groups -OCH3 is 1. The first-order valence-corrected chi connectivity index (χ1v) is 6.50. The lowest BCUT2D eigenvalue weighted by Crippen LogP contribution is -2.39. The molecule has 1 atom stereocenters. The monoisotopic (exact) mass is 335 g/mol. The molecule has 0 aliphatic heterocycles. The third-order valence-corrected chi connectivity index (χ3v) is 2.74. The summed E-state index contributed by atoms with van der Waals surface area (Å²) in [5.74, 6) is -0.737. The highest BCUT2D eigenvalue weighted by Crippen LogP contribution is 2.21. The van der Waals surface area contributed by atoms with Gasteiger partial charge in [-0.1, -0.05) is 11.6 Å². The van der Waals surface area contributed by atoms with Crippen LogP contribution in [0.25, 0.3) is 0 Å². The minimum atomic E-state index is -0.818. The molecule has 0 aromatic heterocycles. The molecule has 0 aliphatic rings. The van der Waals surface area contributed by atoms with E-state index in [-0.39, 0.29) is 24.9 Å². The average molecular weight is 336 g/mol. The Morgan fingerprint density at radius 3 is 2.67 bits per heavy atom. The van der Waals surface area contributed by atoms with Gasteiger partial charge in [-0.2, -0.15) is 0 Å². The lowest BCUT2D eigenvalue weighted by molar-refractivity contribution is -0.118. The van der Waals surface area contributed by atoms with Gasteiger partial charge in [-0.25, -0.2) is 0 Å². The quantitative estimate of drug-likeness (QED) is 0.732. The Morgan fingerprint density at radius 2 is 2.10 bits per heavy atom. The fraction of sp³-hybridized carbons (Fsp3) is 0.385. The van der Waals surface area contributed by atoms with Crippen LogP contribution in [0.15, 0.2) is 18.2 Å². The fourth-order valence-corrected chi connectivity index (χ4v) is 1.73. The molecule has 0 bridgehead atoms. The zero-order valence-electron chi connectivity index (χ0n) is 11.8. The van der Waals surface area contributed by atoms with Crippen LogP contribution in [0.4, 0.5) is 5.69 Å². The SMILES string of the molecule is CCNC(=O)c1ccc(Cl)cc1NC(=O)C(N)COC.Cl. The maximum Gasteiger partial charge on any atom is 0.253 e. The van der Waals surface area contributed by atoms with Crippen molar-refractivity contribution in [2.24, 2.45) is 5.73 Å². The molecule has 6 nitrogen and oxygen atoms in total. The van der Waals surface area contributed by atoms with Crippen LogP contribution < -0.4 is 16.4 Å². The van der Waals surface area contributed by atoms with Gasteiger partial charge in [0.1, 0.15) is 6.04 Å². The average Bonchev–Trinajstić information content (AvgIpc) is 2.39. The van der Waals surface area contributed by atoms with Gasteiger partial charge in [0, 0.05) is 18.7 Å². The number of carbonyl (C=O) groups is 2. The second kappa shape index (κ2) is 9.57. The third-order valence-electron chi connectivity index (χ3n) is 2.50. The molecule has 0 radical (unpaired) electrons. The molecular formula is C13H19Cl2N3O3. The Bertz CT molecular complexity index is 498. The Balaban J connectivity index is 0.00000400. The number of ether oxygens (including phenoxy) is 1. The zero-order chi connectivity index (χ0) is 15.1. The minimum Gasteiger partial charge on any atom is -0.383 e. The minimum absolute atomic E-state index is 0. The molecule has 21 heavy (non-hydrogen) atoms. The van der Waals surface area contributed by atoms with E-state index in [0.29, 0.717) is 22.8 Å². The van der Waals surface area contributed by atoms with Crippen LogP contribution in [0, 0.1) is 0 Å². The molecule has 1 aromatic rings. The Labute approximate surface area is 134 Å². The van der Waals surface area contributed by atoms with Gasteiger partial charge in [0.2, 0.25) is 5.91 Å². The summed E-state index contributed by atoms with van der Waals surface area (Å²) in [6, 6.07) is 3.81. The summed E-state index contributed by atoms with van der Waals surface area (Å²) in [4.78, 5) is 23.7. The van der Waals surface area contributed by atoms with E-state index in [1.165, 1.54) is 13.2 Å². The predicted octanol–water partition coefficient (Wildman–Crippen LogP) is 1.42. The molecule has 0 saturated heterocycles. The summed E-state index contributed by atoms with van der Waals surface area (Å²) in [5, 5.41) is 5.66. The smallest absolute Gasteiger partial charge is 0.253 e. The van der Waals surface area contributed by atoms with Crippen LogP contribution in [-0.4, -0.2) is 38.1 Å². The summed E-state index contributed by atoms with van der Waals surface area (Å²) in [6.45, 7) is 2.38. The van der Waals surface area contributed by atoms with E-state index in [0.717, 1.165) is 0 Å². The van der Waals surface area contributed by atoms with Crippen molar-refractivity contribution in [2.45, 2.75) is 13.0 Å². The van der Waals surface area contributed by atoms with E-state index < -0.39 is 11.9 Å². The van der Waals surface area contributed by atoms with Crippen molar-refractivity contribution in [3.05, 3.63) is 28.8 Å². The van der Waals surface area contributed by atoms with Crippen molar-refractivity contribution in [1.29, 1.82) is 0 Å².